The van der Waals surface area contributed by atoms with Gasteiger partial charge in [0.2, 0.25) is 6.10 Å². The second-order valence-corrected chi connectivity index (χ2v) is 9.07. The number of amides is 2. The van der Waals surface area contributed by atoms with E-state index in [0.717, 1.165) is 28.2 Å². The van der Waals surface area contributed by atoms with Crippen molar-refractivity contribution in [1.29, 1.82) is 0 Å². The van der Waals surface area contributed by atoms with Crippen LogP contribution in [0.3, 0.4) is 0 Å². The molecule has 0 spiro atoms. The highest BCUT2D eigenvalue weighted by molar-refractivity contribution is 6.08. The number of anilines is 2. The topological polar surface area (TPSA) is 75.6 Å². The van der Waals surface area contributed by atoms with Crippen LogP contribution in [-0.2, 0) is 15.1 Å². The zero-order valence-corrected chi connectivity index (χ0v) is 20.0. The van der Waals surface area contributed by atoms with Crippen molar-refractivity contribution in [3.63, 3.8) is 0 Å². The van der Waals surface area contributed by atoms with E-state index in [4.69, 9.17) is 4.74 Å². The van der Waals surface area contributed by atoms with Crippen LogP contribution in [0.5, 0.6) is 6.01 Å². The van der Waals surface area contributed by atoms with E-state index in [1.54, 1.807) is 9.80 Å². The average Bonchev–Trinajstić information content (AvgIpc) is 2.98. The van der Waals surface area contributed by atoms with Gasteiger partial charge in [-0.25, -0.2) is 9.97 Å². The first-order valence-electron chi connectivity index (χ1n) is 11.8. The zero-order valence-electron chi connectivity index (χ0n) is 20.0. The lowest BCUT2D eigenvalue weighted by atomic mass is 9.69. The van der Waals surface area contributed by atoms with Crippen molar-refractivity contribution in [2.75, 3.05) is 11.4 Å². The molecule has 0 N–H and O–H groups in total. The van der Waals surface area contributed by atoms with Gasteiger partial charge in [-0.2, -0.15) is 0 Å². The molecule has 7 heteroatoms. The molecule has 36 heavy (non-hydrogen) atoms. The van der Waals surface area contributed by atoms with E-state index in [0.29, 0.717) is 5.69 Å². The third kappa shape index (κ3) is 3.20. The third-order valence-electron chi connectivity index (χ3n) is 6.81. The molecule has 1 fully saturated rings. The van der Waals surface area contributed by atoms with Crippen LogP contribution in [-0.4, -0.2) is 39.3 Å². The molecule has 2 aliphatic heterocycles. The van der Waals surface area contributed by atoms with Crippen molar-refractivity contribution >= 4 is 23.2 Å². The molecule has 178 valence electrons. The van der Waals surface area contributed by atoms with Gasteiger partial charge >= 0.3 is 6.01 Å². The molecule has 0 aliphatic carbocycles. The first-order chi connectivity index (χ1) is 17.5. The second kappa shape index (κ2) is 8.30. The number of β-lactam (4-membered cyclic amide) rings is 1. The Kier molecular flexibility index (Phi) is 5.07. The molecule has 4 aromatic rings. The van der Waals surface area contributed by atoms with Gasteiger partial charge in [-0.3, -0.25) is 14.5 Å². The monoisotopic (exact) mass is 476 g/mol. The summed E-state index contributed by atoms with van der Waals surface area (Å²) in [5, 5.41) is 0. The molecule has 3 aromatic carbocycles. The molecule has 0 saturated carbocycles. The summed E-state index contributed by atoms with van der Waals surface area (Å²) in [6, 6.07) is 28.9. The fourth-order valence-electron chi connectivity index (χ4n) is 5.39. The number of aryl methyl sites for hydroxylation is 2. The highest BCUT2D eigenvalue weighted by atomic mass is 16.5. The molecular weight excluding hydrogens is 452 g/mol. The Labute approximate surface area is 209 Å². The number of benzene rings is 3. The smallest absolute Gasteiger partial charge is 0.317 e. The Morgan fingerprint density at radius 3 is 2.14 bits per heavy atom. The third-order valence-corrected chi connectivity index (χ3v) is 6.81. The molecular formula is C29H24N4O3. The second-order valence-electron chi connectivity index (χ2n) is 9.07. The highest BCUT2D eigenvalue weighted by Crippen LogP contribution is 2.53. The van der Waals surface area contributed by atoms with Gasteiger partial charge in [0.25, 0.3) is 11.8 Å². The summed E-state index contributed by atoms with van der Waals surface area (Å²) in [5.74, 6) is -0.472. The van der Waals surface area contributed by atoms with Gasteiger partial charge in [0, 0.05) is 22.6 Å². The fourth-order valence-corrected chi connectivity index (χ4v) is 5.39. The average molecular weight is 477 g/mol. The van der Waals surface area contributed by atoms with E-state index < -0.39 is 11.6 Å². The summed E-state index contributed by atoms with van der Waals surface area (Å²) in [7, 11) is 0. The molecule has 2 aliphatic rings. The minimum absolute atomic E-state index is 0.0924. The lowest BCUT2D eigenvalue weighted by molar-refractivity contribution is -0.178. The van der Waals surface area contributed by atoms with Gasteiger partial charge in [0.1, 0.15) is 12.1 Å². The van der Waals surface area contributed by atoms with Crippen molar-refractivity contribution in [2.24, 2.45) is 0 Å². The molecule has 3 heterocycles. The van der Waals surface area contributed by atoms with E-state index in [9.17, 15) is 9.59 Å². The number of aromatic nitrogens is 2. The SMILES string of the molecule is Cc1cc(C)nc(O[C@@H]2C(=O)N3CC(=O)N(c4ccccc4)c4ccccc4[C@]23c2ccccc2)n1. The summed E-state index contributed by atoms with van der Waals surface area (Å²) < 4.78 is 6.30. The fraction of sp³-hybridized carbons (Fsp3) is 0.172. The Bertz CT molecular complexity index is 1450. The van der Waals surface area contributed by atoms with Gasteiger partial charge in [0.05, 0.1) is 5.69 Å². The van der Waals surface area contributed by atoms with Crippen LogP contribution in [0.15, 0.2) is 91.0 Å². The van der Waals surface area contributed by atoms with Gasteiger partial charge < -0.3 is 9.64 Å². The number of carbonyl (C=O) groups excluding carboxylic acids is 2. The van der Waals surface area contributed by atoms with E-state index in [2.05, 4.69) is 9.97 Å². The Balaban J connectivity index is 1.59. The Morgan fingerprint density at radius 1 is 0.833 bits per heavy atom. The van der Waals surface area contributed by atoms with Crippen LogP contribution < -0.4 is 9.64 Å². The van der Waals surface area contributed by atoms with Gasteiger partial charge in [0.15, 0.2) is 0 Å². The van der Waals surface area contributed by atoms with Crippen molar-refractivity contribution in [2.45, 2.75) is 25.5 Å². The van der Waals surface area contributed by atoms with Gasteiger partial charge in [-0.05, 0) is 43.7 Å². The highest BCUT2D eigenvalue weighted by Gasteiger charge is 2.67. The van der Waals surface area contributed by atoms with E-state index in [-0.39, 0.29) is 24.4 Å². The lowest BCUT2D eigenvalue weighted by Gasteiger charge is -2.55. The number of para-hydroxylation sites is 2. The molecule has 1 aromatic heterocycles. The van der Waals surface area contributed by atoms with Crippen LogP contribution in [0.25, 0.3) is 0 Å². The van der Waals surface area contributed by atoms with Crippen molar-refractivity contribution < 1.29 is 14.3 Å². The van der Waals surface area contributed by atoms with E-state index in [1.165, 1.54) is 0 Å². The molecule has 7 nitrogen and oxygen atoms in total. The maximum Gasteiger partial charge on any atom is 0.317 e. The molecule has 0 radical (unpaired) electrons. The van der Waals surface area contributed by atoms with E-state index in [1.807, 2.05) is 105 Å². The standard InChI is InChI=1S/C29H24N4O3/c1-19-17-20(2)31-28(30-19)36-26-27(35)32-18-25(34)33(22-13-7-4-8-14-22)24-16-10-9-15-23(24)29(26,32)21-11-5-3-6-12-21/h3-17,26H,18H2,1-2H3/t26-,29-/m1/s1. The normalized spacial score (nSPS) is 20.8. The predicted molar refractivity (Wildman–Crippen MR) is 135 cm³/mol. The first-order valence-corrected chi connectivity index (χ1v) is 11.8. The van der Waals surface area contributed by atoms with Crippen molar-refractivity contribution in [3.8, 4) is 6.01 Å². The number of fused-ring (bicyclic) bond motifs is 3. The number of hydrogen-bond donors (Lipinski definition) is 0. The van der Waals surface area contributed by atoms with Crippen LogP contribution in [0.1, 0.15) is 22.5 Å². The molecule has 0 unspecified atom stereocenters. The molecule has 2 atom stereocenters. The quantitative estimate of drug-likeness (QED) is 0.411. The summed E-state index contributed by atoms with van der Waals surface area (Å²) >= 11 is 0. The minimum atomic E-state index is -1.03. The summed E-state index contributed by atoms with van der Waals surface area (Å²) in [6.07, 6.45) is -0.939. The lowest BCUT2D eigenvalue weighted by Crippen LogP contribution is -2.74. The maximum absolute atomic E-state index is 13.7. The van der Waals surface area contributed by atoms with Crippen molar-refractivity contribution in [1.82, 2.24) is 14.9 Å². The zero-order chi connectivity index (χ0) is 24.9. The maximum atomic E-state index is 13.7. The number of rotatable bonds is 4. The first kappa shape index (κ1) is 22.0. The van der Waals surface area contributed by atoms with Crippen LogP contribution in [0.2, 0.25) is 0 Å². The minimum Gasteiger partial charge on any atom is -0.447 e. The van der Waals surface area contributed by atoms with Crippen LogP contribution >= 0.6 is 0 Å². The predicted octanol–water partition coefficient (Wildman–Crippen LogP) is 4.31. The summed E-state index contributed by atoms with van der Waals surface area (Å²) in [6.45, 7) is 3.63. The summed E-state index contributed by atoms with van der Waals surface area (Å²) in [4.78, 5) is 39.6. The number of hydrogen-bond acceptors (Lipinski definition) is 5. The number of ether oxygens (including phenoxy) is 1. The van der Waals surface area contributed by atoms with Gasteiger partial charge in [-0.15, -0.1) is 0 Å². The molecule has 0 bridgehead atoms. The Morgan fingerprint density at radius 2 is 1.44 bits per heavy atom. The Hall–Kier alpha value is -4.52. The van der Waals surface area contributed by atoms with Gasteiger partial charge in [-0.1, -0.05) is 66.7 Å². The van der Waals surface area contributed by atoms with E-state index >= 15 is 0 Å². The van der Waals surface area contributed by atoms with Crippen molar-refractivity contribution in [3.05, 3.63) is 114 Å². The summed E-state index contributed by atoms with van der Waals surface area (Å²) in [5.41, 5.74) is 3.58. The molecule has 6 rings (SSSR count). The molecule has 1 saturated heterocycles. The largest absolute Gasteiger partial charge is 0.447 e. The molecule has 2 amide bonds. The number of carbonyl (C=O) groups is 2. The van der Waals surface area contributed by atoms with Crippen LogP contribution in [0.4, 0.5) is 11.4 Å². The van der Waals surface area contributed by atoms with Crippen LogP contribution in [0, 0.1) is 13.8 Å². The number of nitrogens with zero attached hydrogens (tertiary/aromatic N) is 4.